The molecule has 9 nitrogen and oxygen atoms in total. The molecule has 5 aromatic rings. The number of carbonyl (C=O) groups is 1. The number of amides is 1. The maximum atomic E-state index is 13.1. The van der Waals surface area contributed by atoms with Crippen LogP contribution in [0.2, 0.25) is 0 Å². The first kappa shape index (κ1) is 21.1. The lowest BCUT2D eigenvalue weighted by Gasteiger charge is -2.10. The number of hydrogen-bond acceptors (Lipinski definition) is 7. The van der Waals surface area contributed by atoms with E-state index in [1.807, 2.05) is 42.5 Å². The molecule has 0 atom stereocenters. The summed E-state index contributed by atoms with van der Waals surface area (Å²) in [4.78, 5) is 26.4. The molecule has 0 aliphatic heterocycles. The number of hydrogen-bond donors (Lipinski definition) is 1. The van der Waals surface area contributed by atoms with Gasteiger partial charge in [-0.15, -0.1) is 0 Å². The van der Waals surface area contributed by atoms with Gasteiger partial charge in [-0.2, -0.15) is 9.78 Å². The molecule has 0 unspecified atom stereocenters. The highest BCUT2D eigenvalue weighted by atomic mass is 16.5. The molecule has 0 aliphatic rings. The van der Waals surface area contributed by atoms with Gasteiger partial charge in [0, 0.05) is 18.0 Å². The van der Waals surface area contributed by atoms with Crippen molar-refractivity contribution in [2.45, 2.75) is 6.54 Å². The van der Waals surface area contributed by atoms with E-state index in [2.05, 4.69) is 25.4 Å². The molecule has 4 aromatic heterocycles. The number of rotatable bonds is 7. The minimum Gasteiger partial charge on any atom is -0.496 e. The van der Waals surface area contributed by atoms with Gasteiger partial charge in [0.2, 0.25) is 0 Å². The Morgan fingerprint density at radius 3 is 2.71 bits per heavy atom. The van der Waals surface area contributed by atoms with E-state index in [1.54, 1.807) is 37.7 Å². The minimum atomic E-state index is -0.316. The van der Waals surface area contributed by atoms with Gasteiger partial charge in [0.15, 0.2) is 5.76 Å². The van der Waals surface area contributed by atoms with Crippen LogP contribution in [0, 0.1) is 0 Å². The summed E-state index contributed by atoms with van der Waals surface area (Å²) >= 11 is 0. The summed E-state index contributed by atoms with van der Waals surface area (Å²) in [7, 11) is 1.61. The van der Waals surface area contributed by atoms with E-state index in [0.717, 1.165) is 11.3 Å². The zero-order valence-corrected chi connectivity index (χ0v) is 18.3. The van der Waals surface area contributed by atoms with Gasteiger partial charge < -0.3 is 14.5 Å². The molecule has 1 aromatic carbocycles. The number of nitrogens with one attached hydrogen (secondary N) is 1. The van der Waals surface area contributed by atoms with Gasteiger partial charge in [0.1, 0.15) is 11.4 Å². The summed E-state index contributed by atoms with van der Waals surface area (Å²) in [5.41, 5.74) is 2.99. The molecular weight excluding hydrogens is 432 g/mol. The molecule has 9 heteroatoms. The van der Waals surface area contributed by atoms with Crippen molar-refractivity contribution < 1.29 is 13.9 Å². The number of ether oxygens (including phenoxy) is 1. The average Bonchev–Trinajstić information content (AvgIpc) is 3.58. The summed E-state index contributed by atoms with van der Waals surface area (Å²) in [6.07, 6.45) is 6.33. The van der Waals surface area contributed by atoms with Crippen molar-refractivity contribution in [1.29, 1.82) is 0 Å². The lowest BCUT2D eigenvalue weighted by molar-refractivity contribution is 0.0951. The van der Waals surface area contributed by atoms with Gasteiger partial charge >= 0.3 is 0 Å². The van der Waals surface area contributed by atoms with E-state index in [9.17, 15) is 4.79 Å². The number of pyridine rings is 1. The van der Waals surface area contributed by atoms with Crippen LogP contribution in [-0.2, 0) is 6.54 Å². The molecule has 0 aliphatic carbocycles. The standard InChI is InChI=1S/C25H20N6O3/c1-33-21-9-3-2-8-18(21)20-11-13-27-25(30-20)31-23(22-10-6-14-34-22)19(16-29-31)24(32)28-15-17-7-4-5-12-26-17/h2-14,16H,15H2,1H3,(H,28,32). The van der Waals surface area contributed by atoms with Gasteiger partial charge in [-0.1, -0.05) is 18.2 Å². The van der Waals surface area contributed by atoms with Gasteiger partial charge in [0.25, 0.3) is 11.9 Å². The largest absolute Gasteiger partial charge is 0.496 e. The lowest BCUT2D eigenvalue weighted by atomic mass is 10.1. The van der Waals surface area contributed by atoms with Gasteiger partial charge in [0.05, 0.1) is 43.1 Å². The van der Waals surface area contributed by atoms with Crippen LogP contribution in [-0.4, -0.2) is 37.7 Å². The van der Waals surface area contributed by atoms with Crippen molar-refractivity contribution in [1.82, 2.24) is 30.0 Å². The molecule has 1 amide bonds. The smallest absolute Gasteiger partial charge is 0.255 e. The van der Waals surface area contributed by atoms with Gasteiger partial charge in [-0.3, -0.25) is 9.78 Å². The molecule has 5 rings (SSSR count). The van der Waals surface area contributed by atoms with E-state index in [-0.39, 0.29) is 12.5 Å². The maximum absolute atomic E-state index is 13.1. The molecule has 168 valence electrons. The van der Waals surface area contributed by atoms with Crippen molar-refractivity contribution in [3.63, 3.8) is 0 Å². The second-order valence-electron chi connectivity index (χ2n) is 7.24. The summed E-state index contributed by atoms with van der Waals surface area (Å²) in [5, 5.41) is 7.30. The Bertz CT molecular complexity index is 1410. The fourth-order valence-corrected chi connectivity index (χ4v) is 3.54. The van der Waals surface area contributed by atoms with Crippen molar-refractivity contribution in [3.8, 4) is 34.4 Å². The van der Waals surface area contributed by atoms with Crippen molar-refractivity contribution >= 4 is 5.91 Å². The Hall–Kier alpha value is -4.79. The quantitative estimate of drug-likeness (QED) is 0.399. The predicted octanol–water partition coefficient (Wildman–Crippen LogP) is 3.92. The normalized spacial score (nSPS) is 10.7. The highest BCUT2D eigenvalue weighted by Gasteiger charge is 2.23. The van der Waals surface area contributed by atoms with Crippen LogP contribution in [0.3, 0.4) is 0 Å². The van der Waals surface area contributed by atoms with Crippen LogP contribution in [0.5, 0.6) is 5.75 Å². The monoisotopic (exact) mass is 452 g/mol. The highest BCUT2D eigenvalue weighted by molar-refractivity contribution is 5.99. The predicted molar refractivity (Wildman–Crippen MR) is 124 cm³/mol. The maximum Gasteiger partial charge on any atom is 0.255 e. The van der Waals surface area contributed by atoms with Crippen molar-refractivity contribution in [2.75, 3.05) is 7.11 Å². The number of furan rings is 1. The van der Waals surface area contributed by atoms with Crippen molar-refractivity contribution in [3.05, 3.63) is 96.8 Å². The first-order valence-electron chi connectivity index (χ1n) is 10.5. The first-order valence-corrected chi connectivity index (χ1v) is 10.5. The first-order chi connectivity index (χ1) is 16.7. The Balaban J connectivity index is 1.53. The molecule has 0 bridgehead atoms. The Labute approximate surface area is 195 Å². The Kier molecular flexibility index (Phi) is 5.81. The third-order valence-electron chi connectivity index (χ3n) is 5.14. The molecule has 0 spiro atoms. The molecule has 4 heterocycles. The van der Waals surface area contributed by atoms with E-state index in [4.69, 9.17) is 9.15 Å². The highest BCUT2D eigenvalue weighted by Crippen LogP contribution is 2.30. The van der Waals surface area contributed by atoms with Crippen molar-refractivity contribution in [2.24, 2.45) is 0 Å². The van der Waals surface area contributed by atoms with Crippen LogP contribution in [0.25, 0.3) is 28.7 Å². The van der Waals surface area contributed by atoms with E-state index in [0.29, 0.717) is 34.4 Å². The van der Waals surface area contributed by atoms with Crippen LogP contribution in [0.15, 0.2) is 89.9 Å². The minimum absolute atomic E-state index is 0.280. The summed E-state index contributed by atoms with van der Waals surface area (Å²) in [6, 6.07) is 18.4. The SMILES string of the molecule is COc1ccccc1-c1ccnc(-n2ncc(C(=O)NCc3ccccn3)c2-c2ccco2)n1. The Morgan fingerprint density at radius 2 is 1.91 bits per heavy atom. The topological polar surface area (TPSA) is 108 Å². The summed E-state index contributed by atoms with van der Waals surface area (Å²) in [6.45, 7) is 0.280. The summed E-state index contributed by atoms with van der Waals surface area (Å²) in [5.74, 6) is 1.13. The van der Waals surface area contributed by atoms with Gasteiger partial charge in [-0.25, -0.2) is 9.97 Å². The third kappa shape index (κ3) is 4.14. The number of aromatic nitrogens is 5. The van der Waals surface area contributed by atoms with E-state index < -0.39 is 0 Å². The van der Waals surface area contributed by atoms with E-state index in [1.165, 1.54) is 17.1 Å². The number of para-hydroxylation sites is 1. The van der Waals surface area contributed by atoms with Gasteiger partial charge in [-0.05, 0) is 42.5 Å². The zero-order valence-electron chi connectivity index (χ0n) is 18.3. The third-order valence-corrected chi connectivity index (χ3v) is 5.14. The Morgan fingerprint density at radius 1 is 1.03 bits per heavy atom. The average molecular weight is 452 g/mol. The lowest BCUT2D eigenvalue weighted by Crippen LogP contribution is -2.23. The number of nitrogens with zero attached hydrogens (tertiary/aromatic N) is 5. The number of benzene rings is 1. The molecular formula is C25H20N6O3. The second kappa shape index (κ2) is 9.37. The fraction of sp³-hybridized carbons (Fsp3) is 0.0800. The molecule has 1 N–H and O–H groups in total. The molecule has 34 heavy (non-hydrogen) atoms. The summed E-state index contributed by atoms with van der Waals surface area (Å²) < 4.78 is 12.6. The van der Waals surface area contributed by atoms with E-state index >= 15 is 0 Å². The molecule has 0 saturated carbocycles. The van der Waals surface area contributed by atoms with Crippen LogP contribution >= 0.6 is 0 Å². The number of methoxy groups -OCH3 is 1. The fourth-order valence-electron chi connectivity index (χ4n) is 3.54. The molecule has 0 fully saturated rings. The zero-order chi connectivity index (χ0) is 23.3. The van der Waals surface area contributed by atoms with Crippen LogP contribution in [0.4, 0.5) is 0 Å². The van der Waals surface area contributed by atoms with Crippen LogP contribution in [0.1, 0.15) is 16.1 Å². The van der Waals surface area contributed by atoms with Crippen LogP contribution < -0.4 is 10.1 Å². The molecule has 0 radical (unpaired) electrons. The molecule has 0 saturated heterocycles. The number of carbonyl (C=O) groups excluding carboxylic acids is 1. The second-order valence-corrected chi connectivity index (χ2v) is 7.24.